The van der Waals surface area contributed by atoms with Gasteiger partial charge in [-0.3, -0.25) is 4.79 Å². The van der Waals surface area contributed by atoms with Crippen molar-refractivity contribution >= 4 is 12.0 Å². The van der Waals surface area contributed by atoms with Gasteiger partial charge in [0.2, 0.25) is 0 Å². The molecule has 0 aliphatic heterocycles. The van der Waals surface area contributed by atoms with Crippen LogP contribution in [0.3, 0.4) is 0 Å². The van der Waals surface area contributed by atoms with E-state index < -0.39 is 11.5 Å². The number of rotatable bonds is 6. The molecule has 0 aromatic rings. The molecule has 5 heteroatoms. The van der Waals surface area contributed by atoms with Crippen LogP contribution in [0.4, 0.5) is 4.79 Å². The number of carboxylic acid groups (broad SMARTS) is 1. The van der Waals surface area contributed by atoms with Gasteiger partial charge in [-0.25, -0.2) is 4.79 Å². The van der Waals surface area contributed by atoms with Gasteiger partial charge in [0.25, 0.3) is 0 Å². The van der Waals surface area contributed by atoms with Gasteiger partial charge >= 0.3 is 12.0 Å². The quantitative estimate of drug-likeness (QED) is 0.663. The summed E-state index contributed by atoms with van der Waals surface area (Å²) in [6, 6.07) is 0.108. The number of urea groups is 1. The molecule has 0 aromatic carbocycles. The zero-order valence-corrected chi connectivity index (χ0v) is 10.7. The minimum absolute atomic E-state index is 0.0638. The SMILES string of the molecule is CCC1CC1NC(=O)NC(C)(C)CCC(=O)O. The van der Waals surface area contributed by atoms with Crippen molar-refractivity contribution in [3.8, 4) is 0 Å². The number of hydrogen-bond acceptors (Lipinski definition) is 2. The van der Waals surface area contributed by atoms with Gasteiger partial charge in [0, 0.05) is 18.0 Å². The molecule has 98 valence electrons. The predicted octanol–water partition coefficient (Wildman–Crippen LogP) is 1.73. The Hall–Kier alpha value is -1.26. The van der Waals surface area contributed by atoms with E-state index in [2.05, 4.69) is 17.6 Å². The van der Waals surface area contributed by atoms with E-state index in [9.17, 15) is 9.59 Å². The molecule has 0 radical (unpaired) electrons. The first kappa shape index (κ1) is 13.8. The third-order valence-electron chi connectivity index (χ3n) is 3.18. The Labute approximate surface area is 102 Å². The van der Waals surface area contributed by atoms with E-state index in [0.717, 1.165) is 12.8 Å². The van der Waals surface area contributed by atoms with Crippen molar-refractivity contribution in [3.05, 3.63) is 0 Å². The highest BCUT2D eigenvalue weighted by Crippen LogP contribution is 2.32. The second kappa shape index (κ2) is 5.38. The number of carbonyl (C=O) groups is 2. The number of amides is 2. The van der Waals surface area contributed by atoms with Crippen molar-refractivity contribution in [2.45, 2.75) is 58.0 Å². The molecule has 17 heavy (non-hydrogen) atoms. The Morgan fingerprint density at radius 2 is 2.06 bits per heavy atom. The van der Waals surface area contributed by atoms with Crippen molar-refractivity contribution in [3.63, 3.8) is 0 Å². The smallest absolute Gasteiger partial charge is 0.315 e. The van der Waals surface area contributed by atoms with Crippen LogP contribution in [0.25, 0.3) is 0 Å². The van der Waals surface area contributed by atoms with Crippen LogP contribution in [-0.2, 0) is 4.79 Å². The number of carbonyl (C=O) groups excluding carboxylic acids is 1. The maximum absolute atomic E-state index is 11.6. The molecule has 3 N–H and O–H groups in total. The van der Waals surface area contributed by atoms with E-state index in [1.54, 1.807) is 0 Å². The molecular weight excluding hydrogens is 220 g/mol. The summed E-state index contributed by atoms with van der Waals surface area (Å²) < 4.78 is 0. The van der Waals surface area contributed by atoms with E-state index in [1.807, 2.05) is 13.8 Å². The molecule has 2 unspecified atom stereocenters. The van der Waals surface area contributed by atoms with Crippen LogP contribution >= 0.6 is 0 Å². The Morgan fingerprint density at radius 1 is 1.41 bits per heavy atom. The summed E-state index contributed by atoms with van der Waals surface area (Å²) >= 11 is 0. The van der Waals surface area contributed by atoms with Gasteiger partial charge in [-0.1, -0.05) is 13.3 Å². The van der Waals surface area contributed by atoms with Crippen LogP contribution in [0, 0.1) is 5.92 Å². The third-order valence-corrected chi connectivity index (χ3v) is 3.18. The molecule has 1 aliphatic rings. The normalized spacial score (nSPS) is 23.0. The lowest BCUT2D eigenvalue weighted by Crippen LogP contribution is -2.49. The lowest BCUT2D eigenvalue weighted by atomic mass is 9.99. The van der Waals surface area contributed by atoms with Gasteiger partial charge < -0.3 is 15.7 Å². The van der Waals surface area contributed by atoms with Crippen molar-refractivity contribution in [1.29, 1.82) is 0 Å². The Kier molecular flexibility index (Phi) is 4.37. The van der Waals surface area contributed by atoms with Crippen molar-refractivity contribution in [2.24, 2.45) is 5.92 Å². The minimum atomic E-state index is -0.839. The van der Waals surface area contributed by atoms with E-state index in [1.165, 1.54) is 0 Å². The van der Waals surface area contributed by atoms with Gasteiger partial charge in [0.1, 0.15) is 0 Å². The lowest BCUT2D eigenvalue weighted by molar-refractivity contribution is -0.137. The fraction of sp³-hybridized carbons (Fsp3) is 0.833. The number of aliphatic carboxylic acids is 1. The first-order valence-electron chi connectivity index (χ1n) is 6.14. The second-order valence-corrected chi connectivity index (χ2v) is 5.39. The van der Waals surface area contributed by atoms with Gasteiger partial charge in [-0.05, 0) is 32.6 Å². The van der Waals surface area contributed by atoms with Gasteiger partial charge in [0.05, 0.1) is 0 Å². The van der Waals surface area contributed by atoms with Gasteiger partial charge in [0.15, 0.2) is 0 Å². The molecule has 0 spiro atoms. The third kappa shape index (κ3) is 5.06. The molecule has 0 saturated heterocycles. The summed E-state index contributed by atoms with van der Waals surface area (Å²) in [6.07, 6.45) is 2.64. The summed E-state index contributed by atoms with van der Waals surface area (Å²) in [5.41, 5.74) is -0.487. The van der Waals surface area contributed by atoms with Crippen LogP contribution in [0.5, 0.6) is 0 Å². The van der Waals surface area contributed by atoms with Crippen molar-refractivity contribution < 1.29 is 14.7 Å². The number of hydrogen-bond donors (Lipinski definition) is 3. The monoisotopic (exact) mass is 242 g/mol. The standard InChI is InChI=1S/C12H22N2O3/c1-4-8-7-9(8)13-11(17)14-12(2,3)6-5-10(15)16/h8-9H,4-7H2,1-3H3,(H,15,16)(H2,13,14,17). The molecule has 1 fully saturated rings. The van der Waals surface area contributed by atoms with E-state index in [4.69, 9.17) is 5.11 Å². The average Bonchev–Trinajstić information content (AvgIpc) is 2.92. The van der Waals surface area contributed by atoms with E-state index in [-0.39, 0.29) is 12.5 Å². The second-order valence-electron chi connectivity index (χ2n) is 5.39. The Bertz CT molecular complexity index is 302. The highest BCUT2D eigenvalue weighted by molar-refractivity contribution is 5.75. The molecule has 1 saturated carbocycles. The molecule has 2 amide bonds. The topological polar surface area (TPSA) is 78.4 Å². The summed E-state index contributed by atoms with van der Waals surface area (Å²) in [5.74, 6) is -0.226. The number of carboxylic acids is 1. The van der Waals surface area contributed by atoms with Crippen LogP contribution < -0.4 is 10.6 Å². The van der Waals surface area contributed by atoms with Crippen LogP contribution in [-0.4, -0.2) is 28.7 Å². The minimum Gasteiger partial charge on any atom is -0.481 e. The molecule has 1 rings (SSSR count). The molecule has 2 atom stereocenters. The molecule has 5 nitrogen and oxygen atoms in total. The highest BCUT2D eigenvalue weighted by atomic mass is 16.4. The zero-order chi connectivity index (χ0) is 13.1. The first-order chi connectivity index (χ1) is 7.84. The summed E-state index contributed by atoms with van der Waals surface area (Å²) in [6.45, 7) is 5.78. The van der Waals surface area contributed by atoms with Crippen LogP contribution in [0.15, 0.2) is 0 Å². The molecule has 0 aromatic heterocycles. The maximum Gasteiger partial charge on any atom is 0.315 e. The summed E-state index contributed by atoms with van der Waals surface area (Å²) in [7, 11) is 0. The fourth-order valence-electron chi connectivity index (χ4n) is 1.87. The zero-order valence-electron chi connectivity index (χ0n) is 10.7. The molecule has 0 bridgehead atoms. The lowest BCUT2D eigenvalue weighted by Gasteiger charge is -2.25. The van der Waals surface area contributed by atoms with Crippen molar-refractivity contribution in [1.82, 2.24) is 10.6 Å². The summed E-state index contributed by atoms with van der Waals surface area (Å²) in [5, 5.41) is 14.3. The highest BCUT2D eigenvalue weighted by Gasteiger charge is 2.37. The average molecular weight is 242 g/mol. The van der Waals surface area contributed by atoms with Crippen LogP contribution in [0.1, 0.15) is 46.5 Å². The first-order valence-corrected chi connectivity index (χ1v) is 6.14. The Morgan fingerprint density at radius 3 is 2.53 bits per heavy atom. The van der Waals surface area contributed by atoms with E-state index in [0.29, 0.717) is 18.4 Å². The van der Waals surface area contributed by atoms with Crippen molar-refractivity contribution in [2.75, 3.05) is 0 Å². The fourth-order valence-corrected chi connectivity index (χ4v) is 1.87. The van der Waals surface area contributed by atoms with E-state index >= 15 is 0 Å². The predicted molar refractivity (Wildman–Crippen MR) is 64.8 cm³/mol. The largest absolute Gasteiger partial charge is 0.481 e. The maximum atomic E-state index is 11.6. The Balaban J connectivity index is 2.26. The van der Waals surface area contributed by atoms with Gasteiger partial charge in [-0.15, -0.1) is 0 Å². The molecule has 1 aliphatic carbocycles. The molecular formula is C12H22N2O3. The summed E-state index contributed by atoms with van der Waals surface area (Å²) in [4.78, 5) is 22.1. The number of nitrogens with one attached hydrogen (secondary N) is 2. The van der Waals surface area contributed by atoms with Crippen LogP contribution in [0.2, 0.25) is 0 Å². The molecule has 0 heterocycles. The van der Waals surface area contributed by atoms with Gasteiger partial charge in [-0.2, -0.15) is 0 Å².